The van der Waals surface area contributed by atoms with E-state index >= 15 is 0 Å². The van der Waals surface area contributed by atoms with Crippen LogP contribution in [0.2, 0.25) is 0 Å². The number of amides is 1. The van der Waals surface area contributed by atoms with Gasteiger partial charge in [-0.05, 0) is 40.8 Å². The van der Waals surface area contributed by atoms with Crippen LogP contribution in [0.25, 0.3) is 0 Å². The van der Waals surface area contributed by atoms with Crippen LogP contribution in [0.3, 0.4) is 0 Å². The fourth-order valence-electron chi connectivity index (χ4n) is 2.21. The fraction of sp³-hybridized carbons (Fsp3) is 0.583. The number of carbonyl (C=O) groups is 1. The molecule has 0 bridgehead atoms. The van der Waals surface area contributed by atoms with Gasteiger partial charge in [-0.3, -0.25) is 4.79 Å². The number of hydrogen-bond donors (Lipinski definition) is 1. The molecule has 1 aromatic rings. The minimum Gasteiger partial charge on any atom is -0.349 e. The zero-order valence-corrected chi connectivity index (χ0v) is 11.7. The maximum Gasteiger partial charge on any atom is 0.252 e. The van der Waals surface area contributed by atoms with Crippen LogP contribution in [0.1, 0.15) is 43.0 Å². The zero-order chi connectivity index (χ0) is 11.5. The largest absolute Gasteiger partial charge is 0.349 e. The Morgan fingerprint density at radius 1 is 1.50 bits per heavy atom. The summed E-state index contributed by atoms with van der Waals surface area (Å²) in [7, 11) is 0. The SMILES string of the molecule is CC1CCCCC1NC(=O)c1csc(Br)c1. The van der Waals surface area contributed by atoms with Crippen LogP contribution < -0.4 is 5.32 Å². The van der Waals surface area contributed by atoms with Crippen molar-refractivity contribution in [1.29, 1.82) is 0 Å². The molecule has 2 atom stereocenters. The Labute approximate surface area is 109 Å². The van der Waals surface area contributed by atoms with E-state index in [1.54, 1.807) is 11.3 Å². The number of hydrogen-bond acceptors (Lipinski definition) is 2. The Balaban J connectivity index is 1.96. The summed E-state index contributed by atoms with van der Waals surface area (Å²) in [5.41, 5.74) is 0.773. The normalized spacial score (nSPS) is 25.4. The molecule has 4 heteroatoms. The monoisotopic (exact) mass is 301 g/mol. The fourth-order valence-corrected chi connectivity index (χ4v) is 3.35. The van der Waals surface area contributed by atoms with E-state index in [1.807, 2.05) is 11.4 Å². The van der Waals surface area contributed by atoms with Crippen molar-refractivity contribution >= 4 is 33.2 Å². The first-order valence-corrected chi connectivity index (χ1v) is 7.39. The third kappa shape index (κ3) is 2.86. The van der Waals surface area contributed by atoms with Crippen LogP contribution in [0.5, 0.6) is 0 Å². The first kappa shape index (κ1) is 12.1. The van der Waals surface area contributed by atoms with Gasteiger partial charge in [0, 0.05) is 11.4 Å². The minimum absolute atomic E-state index is 0.0701. The molecule has 88 valence electrons. The molecule has 0 spiro atoms. The van der Waals surface area contributed by atoms with E-state index in [4.69, 9.17) is 0 Å². The molecule has 16 heavy (non-hydrogen) atoms. The van der Waals surface area contributed by atoms with Gasteiger partial charge in [0.1, 0.15) is 0 Å². The Hall–Kier alpha value is -0.350. The summed E-state index contributed by atoms with van der Waals surface area (Å²) < 4.78 is 1.01. The number of carbonyl (C=O) groups excluding carboxylic acids is 1. The standard InChI is InChI=1S/C12H16BrNOS/c1-8-4-2-3-5-10(8)14-12(15)9-6-11(13)16-7-9/h6-8,10H,2-5H2,1H3,(H,14,15). The van der Waals surface area contributed by atoms with Crippen LogP contribution in [0.15, 0.2) is 15.2 Å². The molecular weight excluding hydrogens is 286 g/mol. The molecule has 1 heterocycles. The molecule has 1 saturated carbocycles. The summed E-state index contributed by atoms with van der Waals surface area (Å²) in [6, 6.07) is 2.24. The van der Waals surface area contributed by atoms with E-state index in [-0.39, 0.29) is 5.91 Å². The third-order valence-corrected chi connectivity index (χ3v) is 4.76. The summed E-state index contributed by atoms with van der Waals surface area (Å²) >= 11 is 4.93. The average Bonchev–Trinajstić information content (AvgIpc) is 2.68. The van der Waals surface area contributed by atoms with Gasteiger partial charge >= 0.3 is 0 Å². The van der Waals surface area contributed by atoms with Crippen molar-refractivity contribution in [2.75, 3.05) is 0 Å². The number of nitrogens with one attached hydrogen (secondary N) is 1. The molecule has 0 saturated heterocycles. The van der Waals surface area contributed by atoms with E-state index in [9.17, 15) is 4.79 Å². The van der Waals surface area contributed by atoms with Crippen molar-refractivity contribution in [3.05, 3.63) is 20.8 Å². The first-order chi connectivity index (χ1) is 7.66. The van der Waals surface area contributed by atoms with Gasteiger partial charge in [0.05, 0.1) is 9.35 Å². The highest BCUT2D eigenvalue weighted by Gasteiger charge is 2.23. The molecule has 1 amide bonds. The summed E-state index contributed by atoms with van der Waals surface area (Å²) in [4.78, 5) is 11.9. The maximum absolute atomic E-state index is 11.9. The summed E-state index contributed by atoms with van der Waals surface area (Å²) in [5, 5.41) is 5.04. The molecule has 2 rings (SSSR count). The van der Waals surface area contributed by atoms with E-state index < -0.39 is 0 Å². The molecule has 1 aliphatic carbocycles. The first-order valence-electron chi connectivity index (χ1n) is 5.71. The highest BCUT2D eigenvalue weighted by atomic mass is 79.9. The van der Waals surface area contributed by atoms with E-state index in [2.05, 4.69) is 28.2 Å². The van der Waals surface area contributed by atoms with Crippen molar-refractivity contribution < 1.29 is 4.79 Å². The smallest absolute Gasteiger partial charge is 0.252 e. The van der Waals surface area contributed by atoms with Gasteiger partial charge in [0.2, 0.25) is 0 Å². The van der Waals surface area contributed by atoms with Crippen LogP contribution in [0.4, 0.5) is 0 Å². The Bertz CT molecular complexity index is 377. The Morgan fingerprint density at radius 2 is 2.25 bits per heavy atom. The van der Waals surface area contributed by atoms with Crippen molar-refractivity contribution in [3.63, 3.8) is 0 Å². The van der Waals surface area contributed by atoms with Crippen molar-refractivity contribution in [2.45, 2.75) is 38.6 Å². The van der Waals surface area contributed by atoms with Gasteiger partial charge in [0.15, 0.2) is 0 Å². The lowest BCUT2D eigenvalue weighted by atomic mass is 9.86. The van der Waals surface area contributed by atoms with E-state index in [1.165, 1.54) is 19.3 Å². The van der Waals surface area contributed by atoms with Crippen LogP contribution in [-0.4, -0.2) is 11.9 Å². The molecule has 1 N–H and O–H groups in total. The van der Waals surface area contributed by atoms with Crippen molar-refractivity contribution in [3.8, 4) is 0 Å². The third-order valence-electron chi connectivity index (χ3n) is 3.26. The number of thiophene rings is 1. The van der Waals surface area contributed by atoms with Gasteiger partial charge in [0.25, 0.3) is 5.91 Å². The summed E-state index contributed by atoms with van der Waals surface area (Å²) in [5.74, 6) is 0.681. The minimum atomic E-state index is 0.0701. The van der Waals surface area contributed by atoms with Gasteiger partial charge in [-0.1, -0.05) is 19.8 Å². The van der Waals surface area contributed by atoms with Crippen LogP contribution in [0, 0.1) is 5.92 Å². The highest BCUT2D eigenvalue weighted by Crippen LogP contribution is 2.25. The number of rotatable bonds is 2. The van der Waals surface area contributed by atoms with Gasteiger partial charge in [-0.25, -0.2) is 0 Å². The second kappa shape index (κ2) is 5.32. The molecular formula is C12H16BrNOS. The van der Waals surface area contributed by atoms with Gasteiger partial charge in [-0.2, -0.15) is 0 Å². The van der Waals surface area contributed by atoms with Gasteiger partial charge < -0.3 is 5.32 Å². The van der Waals surface area contributed by atoms with E-state index in [0.29, 0.717) is 12.0 Å². The second-order valence-electron chi connectivity index (χ2n) is 4.48. The molecule has 1 aromatic heterocycles. The average molecular weight is 302 g/mol. The van der Waals surface area contributed by atoms with Crippen LogP contribution in [-0.2, 0) is 0 Å². The maximum atomic E-state index is 11.9. The molecule has 0 radical (unpaired) electrons. The topological polar surface area (TPSA) is 29.1 Å². The second-order valence-corrected chi connectivity index (χ2v) is 6.77. The predicted molar refractivity (Wildman–Crippen MR) is 70.9 cm³/mol. The van der Waals surface area contributed by atoms with Crippen LogP contribution >= 0.6 is 27.3 Å². The van der Waals surface area contributed by atoms with Gasteiger partial charge in [-0.15, -0.1) is 11.3 Å². The molecule has 0 aromatic carbocycles. The quantitative estimate of drug-likeness (QED) is 0.884. The molecule has 1 aliphatic rings. The molecule has 2 unspecified atom stereocenters. The van der Waals surface area contributed by atoms with E-state index in [0.717, 1.165) is 15.8 Å². The van der Waals surface area contributed by atoms with Crippen molar-refractivity contribution in [1.82, 2.24) is 5.32 Å². The highest BCUT2D eigenvalue weighted by molar-refractivity contribution is 9.11. The molecule has 0 aliphatic heterocycles. The lowest BCUT2D eigenvalue weighted by molar-refractivity contribution is 0.0910. The predicted octanol–water partition coefficient (Wildman–Crippen LogP) is 3.82. The molecule has 2 nitrogen and oxygen atoms in total. The summed E-state index contributed by atoms with van der Waals surface area (Å²) in [6.07, 6.45) is 4.90. The Kier molecular flexibility index (Phi) is 4.03. The lowest BCUT2D eigenvalue weighted by Gasteiger charge is -2.29. The number of halogens is 1. The summed E-state index contributed by atoms with van der Waals surface area (Å²) in [6.45, 7) is 2.23. The molecule has 1 fully saturated rings. The van der Waals surface area contributed by atoms with Crippen molar-refractivity contribution in [2.24, 2.45) is 5.92 Å². The lowest BCUT2D eigenvalue weighted by Crippen LogP contribution is -2.40. The zero-order valence-electron chi connectivity index (χ0n) is 9.33. The Morgan fingerprint density at radius 3 is 2.88 bits per heavy atom.